The number of hydrogen-bond donors (Lipinski definition) is 3. The quantitative estimate of drug-likeness (QED) is 0.108. The average molecular weight is 778 g/mol. The lowest BCUT2D eigenvalue weighted by Gasteiger charge is -2.43. The van der Waals surface area contributed by atoms with Gasteiger partial charge in [0.15, 0.2) is 22.0 Å². The number of benzene rings is 1. The van der Waals surface area contributed by atoms with Crippen LogP contribution in [-0.2, 0) is 48.1 Å². The molecular formula is C34H30F7N9O3S. The number of nitrogens with zero attached hydrogens (tertiary/aromatic N) is 7. The molecule has 0 bridgehead atoms. The lowest BCUT2D eigenvalue weighted by Crippen LogP contribution is -2.60. The zero-order chi connectivity index (χ0) is 38.7. The van der Waals surface area contributed by atoms with Crippen molar-refractivity contribution in [3.8, 4) is 11.1 Å². The minimum Gasteiger partial charge on any atom is -0.386 e. The van der Waals surface area contributed by atoms with E-state index in [4.69, 9.17) is 4.98 Å². The number of rotatable bonds is 10. The molecule has 0 radical (unpaired) electrons. The van der Waals surface area contributed by atoms with Gasteiger partial charge in [-0.3, -0.25) is 14.3 Å². The van der Waals surface area contributed by atoms with Gasteiger partial charge in [0.1, 0.15) is 23.9 Å². The van der Waals surface area contributed by atoms with Crippen molar-refractivity contribution >= 4 is 39.1 Å². The Morgan fingerprint density at radius 3 is 2.50 bits per heavy atom. The number of aromatic nitrogens is 5. The Morgan fingerprint density at radius 1 is 1.13 bits per heavy atom. The first-order valence-electron chi connectivity index (χ1n) is 16.4. The standard InChI is InChI=1S/C34H30F7N9O3S/c1-32(53)14-49(15-32)31-45-30-24(54-31)11-22(18-3-4-25(46-42-16-51)48(2)12-18)27(44-30)23(9-17-7-19(35)10-20(36)8-17)43-26(52)13-50-29-21(5-6-33(29,37)38)28(47-50)34(39,40)41/h3-4,7-8,10-12,16,23,53H,5-6,9,13-15H2,1-2H3,(H,42,51)(H,43,52)/b46-25-. The first-order valence-corrected chi connectivity index (χ1v) is 17.2. The maximum Gasteiger partial charge on any atom is 0.435 e. The summed E-state index contributed by atoms with van der Waals surface area (Å²) in [7, 11) is 1.64. The van der Waals surface area contributed by atoms with Crippen LogP contribution >= 0.6 is 11.3 Å². The number of halogens is 7. The summed E-state index contributed by atoms with van der Waals surface area (Å²) in [6.45, 7) is 1.25. The Bertz CT molecular complexity index is 2340. The monoisotopic (exact) mass is 777 g/mol. The van der Waals surface area contributed by atoms with Crippen LogP contribution in [0.3, 0.4) is 0 Å². The van der Waals surface area contributed by atoms with Crippen LogP contribution in [0.1, 0.15) is 47.6 Å². The van der Waals surface area contributed by atoms with E-state index in [0.717, 1.165) is 12.1 Å². The fraction of sp³-hybridized carbons (Fsp3) is 0.353. The van der Waals surface area contributed by atoms with Gasteiger partial charge in [-0.1, -0.05) is 11.3 Å². The number of fused-ring (bicyclic) bond motifs is 2. The van der Waals surface area contributed by atoms with Crippen LogP contribution in [0, 0.1) is 11.6 Å². The van der Waals surface area contributed by atoms with E-state index in [2.05, 4.69) is 25.9 Å². The number of alkyl halides is 5. The van der Waals surface area contributed by atoms with Crippen molar-refractivity contribution in [3.05, 3.63) is 87.9 Å². The van der Waals surface area contributed by atoms with Crippen LogP contribution in [0.4, 0.5) is 35.9 Å². The minimum absolute atomic E-state index is 0.0675. The number of carbonyl (C=O) groups excluding carboxylic acids is 2. The number of aryl methyl sites for hydroxylation is 1. The number of nitrogens with one attached hydrogen (secondary N) is 2. The third-order valence-electron chi connectivity index (χ3n) is 9.06. The molecule has 1 aliphatic carbocycles. The molecule has 54 heavy (non-hydrogen) atoms. The molecule has 1 fully saturated rings. The summed E-state index contributed by atoms with van der Waals surface area (Å²) in [5.41, 5.74) is -0.255. The van der Waals surface area contributed by atoms with Crippen molar-refractivity contribution in [2.45, 2.75) is 56.5 Å². The van der Waals surface area contributed by atoms with Gasteiger partial charge in [0.2, 0.25) is 12.3 Å². The number of pyridine rings is 2. The molecule has 0 spiro atoms. The maximum absolute atomic E-state index is 14.9. The van der Waals surface area contributed by atoms with Gasteiger partial charge in [-0.15, -0.1) is 0 Å². The molecular weight excluding hydrogens is 747 g/mol. The summed E-state index contributed by atoms with van der Waals surface area (Å²) in [5, 5.41) is 20.8. The van der Waals surface area contributed by atoms with Gasteiger partial charge in [0, 0.05) is 42.4 Å². The van der Waals surface area contributed by atoms with E-state index in [-0.39, 0.29) is 23.3 Å². The summed E-state index contributed by atoms with van der Waals surface area (Å²) in [4.78, 5) is 35.8. The van der Waals surface area contributed by atoms with E-state index in [1.54, 1.807) is 42.9 Å². The Labute approximate surface area is 304 Å². The predicted molar refractivity (Wildman–Crippen MR) is 180 cm³/mol. The molecule has 3 N–H and O–H groups in total. The Balaban J connectivity index is 1.34. The first kappa shape index (κ1) is 37.0. The van der Waals surface area contributed by atoms with E-state index >= 15 is 0 Å². The zero-order valence-electron chi connectivity index (χ0n) is 28.4. The van der Waals surface area contributed by atoms with Crippen molar-refractivity contribution in [1.29, 1.82) is 0 Å². The fourth-order valence-electron chi connectivity index (χ4n) is 6.82. The van der Waals surface area contributed by atoms with Gasteiger partial charge in [-0.05, 0) is 55.7 Å². The highest BCUT2D eigenvalue weighted by Crippen LogP contribution is 2.46. The van der Waals surface area contributed by atoms with E-state index < -0.39 is 77.6 Å². The van der Waals surface area contributed by atoms with Crippen LogP contribution in [-0.4, -0.2) is 60.4 Å². The van der Waals surface area contributed by atoms with Crippen molar-refractivity contribution in [2.75, 3.05) is 18.0 Å². The van der Waals surface area contributed by atoms with Gasteiger partial charge in [-0.25, -0.2) is 19.2 Å². The molecule has 5 aromatic rings. The summed E-state index contributed by atoms with van der Waals surface area (Å²) >= 11 is 1.27. The minimum atomic E-state index is -5.05. The molecule has 1 atom stereocenters. The molecule has 7 rings (SSSR count). The molecule has 2 aliphatic rings. The van der Waals surface area contributed by atoms with Crippen LogP contribution in [0.15, 0.2) is 47.7 Å². The molecule has 2 amide bonds. The predicted octanol–water partition coefficient (Wildman–Crippen LogP) is 4.46. The first-order chi connectivity index (χ1) is 25.4. The van der Waals surface area contributed by atoms with Crippen LogP contribution in [0.25, 0.3) is 21.5 Å². The molecule has 4 aromatic heterocycles. The number of aliphatic hydroxyl groups is 1. The van der Waals surface area contributed by atoms with Crippen LogP contribution in [0.5, 0.6) is 0 Å². The molecule has 5 heterocycles. The molecule has 0 saturated carbocycles. The Hall–Kier alpha value is -5.37. The van der Waals surface area contributed by atoms with Gasteiger partial charge in [0.05, 0.1) is 35.1 Å². The smallest absolute Gasteiger partial charge is 0.386 e. The summed E-state index contributed by atoms with van der Waals surface area (Å²) in [5.74, 6) is -6.55. The normalized spacial score (nSPS) is 17.0. The SMILES string of the molecule is Cn1cc(-c2cc3sc(N4CC(C)(O)C4)nc3nc2C(Cc2cc(F)cc(F)c2)NC(=O)Cn2nc(C(F)(F)F)c3c2C(F)(F)CC3)cc/c1=N/NC=O. The number of hydrogen-bond acceptors (Lipinski definition) is 9. The molecule has 12 nitrogen and oxygen atoms in total. The van der Waals surface area contributed by atoms with Gasteiger partial charge in [0.25, 0.3) is 5.92 Å². The molecule has 1 saturated heterocycles. The van der Waals surface area contributed by atoms with Crippen LogP contribution < -0.4 is 21.1 Å². The second-order valence-corrected chi connectivity index (χ2v) is 14.5. The highest BCUT2D eigenvalue weighted by Gasteiger charge is 2.50. The molecule has 1 aliphatic heterocycles. The highest BCUT2D eigenvalue weighted by molar-refractivity contribution is 7.22. The summed E-state index contributed by atoms with van der Waals surface area (Å²) in [6.07, 6.45) is -4.80. The van der Waals surface area contributed by atoms with Gasteiger partial charge in [-0.2, -0.15) is 37.1 Å². The molecule has 1 unspecified atom stereocenters. The number of anilines is 1. The second kappa shape index (κ2) is 13.5. The van der Waals surface area contributed by atoms with Crippen molar-refractivity contribution in [3.63, 3.8) is 0 Å². The number of carbonyl (C=O) groups is 2. The number of β-amino-alcohol motifs (C(OH)–C–C–N with tert-alkyl or cyclic N) is 1. The highest BCUT2D eigenvalue weighted by atomic mass is 32.1. The lowest BCUT2D eigenvalue weighted by atomic mass is 9.96. The van der Waals surface area contributed by atoms with Crippen molar-refractivity contribution in [2.24, 2.45) is 12.1 Å². The fourth-order valence-corrected chi connectivity index (χ4v) is 7.77. The molecule has 20 heteroatoms. The topological polar surface area (TPSA) is 143 Å². The van der Waals surface area contributed by atoms with Gasteiger partial charge >= 0.3 is 6.18 Å². The van der Waals surface area contributed by atoms with E-state index in [0.29, 0.717) is 56.7 Å². The third kappa shape index (κ3) is 7.26. The molecule has 284 valence electrons. The molecule has 1 aromatic carbocycles. The number of amides is 2. The van der Waals surface area contributed by atoms with E-state index in [1.807, 2.05) is 4.90 Å². The van der Waals surface area contributed by atoms with Crippen LogP contribution in [0.2, 0.25) is 0 Å². The zero-order valence-corrected chi connectivity index (χ0v) is 29.2. The Morgan fingerprint density at radius 2 is 1.85 bits per heavy atom. The summed E-state index contributed by atoms with van der Waals surface area (Å²) < 4.78 is 103. The maximum atomic E-state index is 14.9. The van der Waals surface area contributed by atoms with Crippen molar-refractivity contribution < 1.29 is 45.4 Å². The number of thiazole rings is 1. The summed E-state index contributed by atoms with van der Waals surface area (Å²) in [6, 6.07) is 6.40. The Kier molecular flexibility index (Phi) is 9.23. The lowest BCUT2D eigenvalue weighted by molar-refractivity contribution is -0.142. The average Bonchev–Trinajstić information content (AvgIpc) is 3.74. The van der Waals surface area contributed by atoms with Gasteiger partial charge < -0.3 is 19.9 Å². The largest absolute Gasteiger partial charge is 0.435 e. The van der Waals surface area contributed by atoms with E-state index in [1.165, 1.54) is 11.3 Å². The third-order valence-corrected chi connectivity index (χ3v) is 10.1. The second-order valence-electron chi connectivity index (χ2n) is 13.5. The van der Waals surface area contributed by atoms with Crippen molar-refractivity contribution in [1.82, 2.24) is 35.1 Å². The van der Waals surface area contributed by atoms with E-state index in [9.17, 15) is 45.4 Å².